The second-order valence-electron chi connectivity index (χ2n) is 6.08. The van der Waals surface area contributed by atoms with Crippen LogP contribution in [0.3, 0.4) is 0 Å². The highest BCUT2D eigenvalue weighted by Crippen LogP contribution is 2.32. The van der Waals surface area contributed by atoms with Gasteiger partial charge in [-0.25, -0.2) is 9.18 Å². The second kappa shape index (κ2) is 7.53. The summed E-state index contributed by atoms with van der Waals surface area (Å²) in [5, 5.41) is 3.32. The Morgan fingerprint density at radius 3 is 2.74 bits per heavy atom. The minimum atomic E-state index is -0.940. The topological polar surface area (TPSA) is 83.7 Å². The molecule has 1 aromatic carbocycles. The van der Waals surface area contributed by atoms with E-state index < -0.39 is 6.09 Å². The van der Waals surface area contributed by atoms with Crippen molar-refractivity contribution in [2.45, 2.75) is 19.9 Å². The molecule has 27 heavy (non-hydrogen) atoms. The Morgan fingerprint density at radius 2 is 2.11 bits per heavy atom. The number of nitrogens with two attached hydrogens (primary N) is 1. The van der Waals surface area contributed by atoms with Crippen LogP contribution in [-0.2, 0) is 4.74 Å². The van der Waals surface area contributed by atoms with Gasteiger partial charge in [-0.15, -0.1) is 5.12 Å². The first kappa shape index (κ1) is 19.1. The number of hydrazine groups is 2. The maximum Gasteiger partial charge on any atom is 0.411 e. The summed E-state index contributed by atoms with van der Waals surface area (Å²) in [5.41, 5.74) is 11.0. The molecule has 0 spiro atoms. The number of primary amides is 1. The summed E-state index contributed by atoms with van der Waals surface area (Å²) in [7, 11) is 1.71. The van der Waals surface area contributed by atoms with E-state index in [2.05, 4.69) is 26.3 Å². The summed E-state index contributed by atoms with van der Waals surface area (Å²) in [6, 6.07) is 9.67. The van der Waals surface area contributed by atoms with Crippen molar-refractivity contribution in [2.75, 3.05) is 7.05 Å². The van der Waals surface area contributed by atoms with E-state index in [1.807, 2.05) is 26.0 Å². The van der Waals surface area contributed by atoms with Crippen LogP contribution in [0.2, 0.25) is 0 Å². The molecule has 3 rings (SSSR count). The third kappa shape index (κ3) is 3.88. The van der Waals surface area contributed by atoms with Gasteiger partial charge in [-0.3, -0.25) is 15.4 Å². The number of amides is 1. The van der Waals surface area contributed by atoms with Crippen LogP contribution in [0.4, 0.5) is 9.18 Å². The van der Waals surface area contributed by atoms with Gasteiger partial charge in [-0.1, -0.05) is 12.1 Å². The number of carbonyl (C=O) groups is 1. The van der Waals surface area contributed by atoms with E-state index in [0.717, 1.165) is 15.7 Å². The Labute approximate surface area is 164 Å². The van der Waals surface area contributed by atoms with Crippen molar-refractivity contribution in [3.63, 3.8) is 0 Å². The Hall–Kier alpha value is -2.65. The van der Waals surface area contributed by atoms with E-state index in [4.69, 9.17) is 10.5 Å². The van der Waals surface area contributed by atoms with E-state index in [0.29, 0.717) is 11.4 Å². The molecule has 0 bridgehead atoms. The SMILES string of the molecule is Cc1nc(C2=C(OC(N)=O)N(C)N([C@H](C)c3cccc(F)c3)N2)ccc1Br. The minimum Gasteiger partial charge on any atom is -0.390 e. The summed E-state index contributed by atoms with van der Waals surface area (Å²) in [5.74, 6) is -0.117. The molecular weight excluding hydrogens is 417 g/mol. The molecule has 1 aliphatic heterocycles. The number of hydrogen-bond acceptors (Lipinski definition) is 6. The number of hydrogen-bond donors (Lipinski definition) is 2. The second-order valence-corrected chi connectivity index (χ2v) is 6.93. The zero-order valence-corrected chi connectivity index (χ0v) is 16.6. The summed E-state index contributed by atoms with van der Waals surface area (Å²) in [4.78, 5) is 15.9. The van der Waals surface area contributed by atoms with Gasteiger partial charge in [-0.05, 0) is 59.6 Å². The number of carbonyl (C=O) groups excluding carboxylic acids is 1. The molecule has 2 heterocycles. The lowest BCUT2D eigenvalue weighted by molar-refractivity contribution is -0.0454. The third-order valence-electron chi connectivity index (χ3n) is 4.23. The zero-order chi connectivity index (χ0) is 19.7. The molecule has 0 saturated heterocycles. The highest BCUT2D eigenvalue weighted by molar-refractivity contribution is 9.10. The van der Waals surface area contributed by atoms with Crippen molar-refractivity contribution in [2.24, 2.45) is 5.73 Å². The van der Waals surface area contributed by atoms with Crippen molar-refractivity contribution in [1.29, 1.82) is 0 Å². The van der Waals surface area contributed by atoms with Crippen LogP contribution in [0.15, 0.2) is 46.8 Å². The van der Waals surface area contributed by atoms with Gasteiger partial charge in [0.25, 0.3) is 0 Å². The number of benzene rings is 1. The van der Waals surface area contributed by atoms with Gasteiger partial charge in [0.05, 0.1) is 17.4 Å². The van der Waals surface area contributed by atoms with Crippen molar-refractivity contribution in [1.82, 2.24) is 20.5 Å². The third-order valence-corrected chi connectivity index (χ3v) is 5.07. The molecule has 0 aliphatic carbocycles. The molecule has 1 amide bonds. The highest BCUT2D eigenvalue weighted by atomic mass is 79.9. The normalized spacial score (nSPS) is 15.7. The van der Waals surface area contributed by atoms with Crippen molar-refractivity contribution in [3.05, 3.63) is 69.5 Å². The fourth-order valence-corrected chi connectivity index (χ4v) is 3.04. The minimum absolute atomic E-state index is 0.208. The Kier molecular flexibility index (Phi) is 5.33. The quantitative estimate of drug-likeness (QED) is 0.764. The first-order valence-electron chi connectivity index (χ1n) is 8.18. The number of aromatic nitrogens is 1. The maximum atomic E-state index is 13.6. The van der Waals surface area contributed by atoms with Crippen LogP contribution in [0.1, 0.15) is 29.9 Å². The number of pyridine rings is 1. The standard InChI is InChI=1S/C18H19BrFN5O2/c1-10-14(19)7-8-15(22-10)16-17(27-18(21)26)24(3)25(23-16)11(2)12-5-4-6-13(20)9-12/h4-9,11,23H,1-3H3,(H2,21,26)/t11-/m1/s1. The molecule has 3 N–H and O–H groups in total. The van der Waals surface area contributed by atoms with Gasteiger partial charge in [0.2, 0.25) is 5.88 Å². The Morgan fingerprint density at radius 1 is 1.37 bits per heavy atom. The number of ether oxygens (including phenoxy) is 1. The van der Waals surface area contributed by atoms with Crippen molar-refractivity contribution >= 4 is 27.7 Å². The summed E-state index contributed by atoms with van der Waals surface area (Å²) in [6.07, 6.45) is -0.940. The summed E-state index contributed by atoms with van der Waals surface area (Å²) in [6.45, 7) is 3.75. The van der Waals surface area contributed by atoms with Crippen LogP contribution >= 0.6 is 15.9 Å². The lowest BCUT2D eigenvalue weighted by Gasteiger charge is -2.32. The molecule has 142 valence electrons. The smallest absolute Gasteiger partial charge is 0.390 e. The molecule has 0 fully saturated rings. The van der Waals surface area contributed by atoms with Crippen LogP contribution in [-0.4, -0.2) is 28.3 Å². The van der Waals surface area contributed by atoms with Crippen LogP contribution in [0, 0.1) is 12.7 Å². The van der Waals surface area contributed by atoms with E-state index in [1.165, 1.54) is 12.1 Å². The average molecular weight is 436 g/mol. The number of nitrogens with zero attached hydrogens (tertiary/aromatic N) is 3. The average Bonchev–Trinajstić information content (AvgIpc) is 2.93. The largest absolute Gasteiger partial charge is 0.411 e. The number of nitrogens with one attached hydrogen (secondary N) is 1. The number of rotatable bonds is 4. The molecule has 2 aromatic rings. The van der Waals surface area contributed by atoms with Crippen LogP contribution in [0.5, 0.6) is 0 Å². The number of halogens is 2. The van der Waals surface area contributed by atoms with E-state index in [1.54, 1.807) is 29.3 Å². The number of aryl methyl sites for hydroxylation is 1. The first-order chi connectivity index (χ1) is 12.8. The van der Waals surface area contributed by atoms with Gasteiger partial charge in [0, 0.05) is 11.5 Å². The van der Waals surface area contributed by atoms with Crippen LogP contribution in [0.25, 0.3) is 5.70 Å². The molecule has 9 heteroatoms. The predicted molar refractivity (Wildman–Crippen MR) is 102 cm³/mol. The highest BCUT2D eigenvalue weighted by Gasteiger charge is 2.35. The Balaban J connectivity index is 1.98. The summed E-state index contributed by atoms with van der Waals surface area (Å²) >= 11 is 3.42. The lowest BCUT2D eigenvalue weighted by Crippen LogP contribution is -2.43. The van der Waals surface area contributed by atoms with E-state index >= 15 is 0 Å². The van der Waals surface area contributed by atoms with Gasteiger partial charge < -0.3 is 10.5 Å². The Bertz CT molecular complexity index is 920. The van der Waals surface area contributed by atoms with E-state index in [-0.39, 0.29) is 17.7 Å². The van der Waals surface area contributed by atoms with Gasteiger partial charge in [-0.2, -0.15) is 0 Å². The maximum absolute atomic E-state index is 13.6. The fourth-order valence-electron chi connectivity index (χ4n) is 2.82. The molecular formula is C18H19BrFN5O2. The molecule has 0 radical (unpaired) electrons. The van der Waals surface area contributed by atoms with Crippen LogP contribution < -0.4 is 11.2 Å². The lowest BCUT2D eigenvalue weighted by atomic mass is 10.1. The fraction of sp³-hybridized carbons (Fsp3) is 0.222. The molecule has 1 aromatic heterocycles. The van der Waals surface area contributed by atoms with E-state index in [9.17, 15) is 9.18 Å². The van der Waals surface area contributed by atoms with Gasteiger partial charge in [0.15, 0.2) is 0 Å². The molecule has 1 atom stereocenters. The zero-order valence-electron chi connectivity index (χ0n) is 15.0. The van der Waals surface area contributed by atoms with Crippen molar-refractivity contribution < 1.29 is 13.9 Å². The molecule has 0 saturated carbocycles. The summed E-state index contributed by atoms with van der Waals surface area (Å²) < 4.78 is 19.7. The first-order valence-corrected chi connectivity index (χ1v) is 8.97. The van der Waals surface area contributed by atoms with Crippen molar-refractivity contribution in [3.8, 4) is 0 Å². The van der Waals surface area contributed by atoms with Gasteiger partial charge in [0.1, 0.15) is 11.5 Å². The molecule has 7 nitrogen and oxygen atoms in total. The molecule has 0 unspecified atom stereocenters. The molecule has 1 aliphatic rings. The monoisotopic (exact) mass is 435 g/mol. The van der Waals surface area contributed by atoms with Gasteiger partial charge >= 0.3 is 6.09 Å². The predicted octanol–water partition coefficient (Wildman–Crippen LogP) is 3.44.